The van der Waals surface area contributed by atoms with Crippen LogP contribution in [0.2, 0.25) is 0 Å². The molecule has 0 saturated carbocycles. The van der Waals surface area contributed by atoms with E-state index < -0.39 is 17.7 Å². The van der Waals surface area contributed by atoms with E-state index in [0.717, 1.165) is 39.9 Å². The van der Waals surface area contributed by atoms with E-state index in [9.17, 15) is 14.0 Å². The fourth-order valence-corrected chi connectivity index (χ4v) is 4.43. The van der Waals surface area contributed by atoms with Crippen molar-refractivity contribution in [3.05, 3.63) is 96.2 Å². The standard InChI is InChI=1S/C31H29FN6O3/c1-20-7-6-10-28(34-20)30-26(24-11-12-33-27-9-5-4-8-25(24)27)18-38(36-30)19-29(39)35-23-16-21(15-22(32)17-23)31(40)41-14-13-37(2)3/h4-12,15-18H,13-14,19H2,1-3H3,(H,35,39). The summed E-state index contributed by atoms with van der Waals surface area (Å²) in [6.07, 6.45) is 3.53. The number of rotatable bonds is 9. The zero-order valence-electron chi connectivity index (χ0n) is 23.0. The van der Waals surface area contributed by atoms with Gasteiger partial charge in [0.05, 0.1) is 16.8 Å². The molecule has 3 heterocycles. The van der Waals surface area contributed by atoms with E-state index in [4.69, 9.17) is 9.84 Å². The van der Waals surface area contributed by atoms with Crippen LogP contribution in [0, 0.1) is 12.7 Å². The fraction of sp³-hybridized carbons (Fsp3) is 0.194. The lowest BCUT2D eigenvalue weighted by molar-refractivity contribution is -0.116. The minimum Gasteiger partial charge on any atom is -0.461 e. The summed E-state index contributed by atoms with van der Waals surface area (Å²) in [5.74, 6) is -1.78. The quantitative estimate of drug-likeness (QED) is 0.258. The van der Waals surface area contributed by atoms with Gasteiger partial charge in [0.15, 0.2) is 0 Å². The molecule has 41 heavy (non-hydrogen) atoms. The number of carbonyl (C=O) groups excluding carboxylic acids is 2. The summed E-state index contributed by atoms with van der Waals surface area (Å²) in [6.45, 7) is 2.45. The van der Waals surface area contributed by atoms with Gasteiger partial charge >= 0.3 is 5.97 Å². The van der Waals surface area contributed by atoms with Crippen LogP contribution < -0.4 is 5.32 Å². The van der Waals surface area contributed by atoms with Crippen molar-refractivity contribution in [2.24, 2.45) is 0 Å². The third kappa shape index (κ3) is 6.62. The van der Waals surface area contributed by atoms with Crippen molar-refractivity contribution in [2.75, 3.05) is 32.6 Å². The van der Waals surface area contributed by atoms with E-state index in [2.05, 4.69) is 15.3 Å². The number of aryl methyl sites for hydroxylation is 1. The average Bonchev–Trinajstić information content (AvgIpc) is 3.35. The number of amides is 1. The second kappa shape index (κ2) is 12.1. The molecule has 9 nitrogen and oxygen atoms in total. The lowest BCUT2D eigenvalue weighted by Gasteiger charge is -2.11. The normalized spacial score (nSPS) is 11.1. The Morgan fingerprint density at radius 2 is 1.85 bits per heavy atom. The number of nitrogens with one attached hydrogen (secondary N) is 1. The summed E-state index contributed by atoms with van der Waals surface area (Å²) in [7, 11) is 3.71. The van der Waals surface area contributed by atoms with E-state index in [-0.39, 0.29) is 24.4 Å². The maximum Gasteiger partial charge on any atom is 0.338 e. The monoisotopic (exact) mass is 552 g/mol. The van der Waals surface area contributed by atoms with Gasteiger partial charge in [0.2, 0.25) is 5.91 Å². The summed E-state index contributed by atoms with van der Waals surface area (Å²) < 4.78 is 21.0. The third-order valence-electron chi connectivity index (χ3n) is 6.33. The highest BCUT2D eigenvalue weighted by molar-refractivity contribution is 5.98. The molecule has 0 aliphatic heterocycles. The fourth-order valence-electron chi connectivity index (χ4n) is 4.43. The van der Waals surface area contributed by atoms with E-state index in [1.165, 1.54) is 10.7 Å². The Labute approximate surface area is 236 Å². The summed E-state index contributed by atoms with van der Waals surface area (Å²) in [5.41, 5.74) is 4.81. The van der Waals surface area contributed by atoms with Gasteiger partial charge in [0, 0.05) is 41.3 Å². The van der Waals surface area contributed by atoms with Crippen LogP contribution in [-0.2, 0) is 16.1 Å². The van der Waals surface area contributed by atoms with Crippen LogP contribution in [0.5, 0.6) is 0 Å². The molecule has 3 aromatic heterocycles. The molecule has 5 aromatic rings. The van der Waals surface area contributed by atoms with Crippen LogP contribution in [0.25, 0.3) is 33.4 Å². The van der Waals surface area contributed by atoms with Crippen LogP contribution in [0.3, 0.4) is 0 Å². The predicted octanol–water partition coefficient (Wildman–Crippen LogP) is 4.96. The van der Waals surface area contributed by atoms with Gasteiger partial charge in [0.1, 0.15) is 24.7 Å². The van der Waals surface area contributed by atoms with E-state index >= 15 is 0 Å². The number of esters is 1. The molecule has 0 radical (unpaired) electrons. The van der Waals surface area contributed by atoms with Crippen molar-refractivity contribution in [3.8, 4) is 22.5 Å². The van der Waals surface area contributed by atoms with Gasteiger partial charge in [-0.1, -0.05) is 24.3 Å². The summed E-state index contributed by atoms with van der Waals surface area (Å²) in [5, 5.41) is 8.33. The number of para-hydroxylation sites is 1. The number of nitrogens with zero attached hydrogens (tertiary/aromatic N) is 5. The molecule has 1 amide bonds. The molecule has 0 fully saturated rings. The highest BCUT2D eigenvalue weighted by Gasteiger charge is 2.19. The Kier molecular flexibility index (Phi) is 8.11. The SMILES string of the molecule is Cc1cccc(-c2nn(CC(=O)Nc3cc(F)cc(C(=O)OCCN(C)C)c3)cc2-c2ccnc3ccccc23)n1. The first-order valence-corrected chi connectivity index (χ1v) is 13.0. The number of pyridine rings is 2. The zero-order valence-corrected chi connectivity index (χ0v) is 23.0. The Morgan fingerprint density at radius 3 is 2.66 bits per heavy atom. The second-order valence-corrected chi connectivity index (χ2v) is 9.84. The molecule has 208 valence electrons. The van der Waals surface area contributed by atoms with E-state index in [0.29, 0.717) is 17.9 Å². The minimum absolute atomic E-state index is 0.0119. The molecule has 0 unspecified atom stereocenters. The maximum atomic E-state index is 14.3. The van der Waals surface area contributed by atoms with Gasteiger partial charge in [-0.25, -0.2) is 9.18 Å². The Balaban J connectivity index is 1.42. The molecule has 0 aliphatic rings. The van der Waals surface area contributed by atoms with Gasteiger partial charge < -0.3 is 15.0 Å². The Bertz CT molecular complexity index is 1730. The average molecular weight is 553 g/mol. The van der Waals surface area contributed by atoms with Crippen LogP contribution in [0.15, 0.2) is 79.1 Å². The number of halogens is 1. The van der Waals surface area contributed by atoms with Crippen molar-refractivity contribution in [2.45, 2.75) is 13.5 Å². The molecule has 0 spiro atoms. The topological polar surface area (TPSA) is 102 Å². The van der Waals surface area contributed by atoms with Gasteiger partial charge in [-0.15, -0.1) is 0 Å². The van der Waals surface area contributed by atoms with Gasteiger partial charge in [-0.2, -0.15) is 5.10 Å². The van der Waals surface area contributed by atoms with Crippen LogP contribution >= 0.6 is 0 Å². The van der Waals surface area contributed by atoms with Crippen molar-refractivity contribution >= 4 is 28.5 Å². The summed E-state index contributed by atoms with van der Waals surface area (Å²) >= 11 is 0. The highest BCUT2D eigenvalue weighted by Crippen LogP contribution is 2.34. The number of aromatic nitrogens is 4. The van der Waals surface area contributed by atoms with Gasteiger partial charge in [0.25, 0.3) is 0 Å². The number of hydrogen-bond donors (Lipinski definition) is 1. The lowest BCUT2D eigenvalue weighted by atomic mass is 10.0. The van der Waals surface area contributed by atoms with E-state index in [1.54, 1.807) is 12.4 Å². The molecule has 5 rings (SSSR count). The van der Waals surface area contributed by atoms with Crippen molar-refractivity contribution in [3.63, 3.8) is 0 Å². The first kappa shape index (κ1) is 27.6. The number of carbonyl (C=O) groups is 2. The number of ether oxygens (including phenoxy) is 1. The number of fused-ring (bicyclic) bond motifs is 1. The Hall–Kier alpha value is -4.96. The van der Waals surface area contributed by atoms with E-state index in [1.807, 2.05) is 74.4 Å². The molecule has 0 atom stereocenters. The predicted molar refractivity (Wildman–Crippen MR) is 155 cm³/mol. The summed E-state index contributed by atoms with van der Waals surface area (Å²) in [4.78, 5) is 36.4. The molecule has 0 saturated heterocycles. The van der Waals surface area contributed by atoms with Crippen molar-refractivity contribution in [1.29, 1.82) is 0 Å². The van der Waals surface area contributed by atoms with Gasteiger partial charge in [-0.05, 0) is 69.0 Å². The largest absolute Gasteiger partial charge is 0.461 e. The smallest absolute Gasteiger partial charge is 0.338 e. The molecule has 0 bridgehead atoms. The number of anilines is 1. The second-order valence-electron chi connectivity index (χ2n) is 9.84. The van der Waals surface area contributed by atoms with Gasteiger partial charge in [-0.3, -0.25) is 19.4 Å². The first-order valence-electron chi connectivity index (χ1n) is 13.0. The minimum atomic E-state index is -0.668. The zero-order chi connectivity index (χ0) is 28.9. The first-order chi connectivity index (χ1) is 19.8. The Morgan fingerprint density at radius 1 is 1.02 bits per heavy atom. The molecule has 0 aliphatic carbocycles. The summed E-state index contributed by atoms with van der Waals surface area (Å²) in [6, 6.07) is 19.0. The van der Waals surface area contributed by atoms with Crippen LogP contribution in [0.1, 0.15) is 16.1 Å². The molecule has 10 heteroatoms. The number of likely N-dealkylation sites (N-methyl/N-ethyl adjacent to an activating group) is 1. The van der Waals surface area contributed by atoms with Crippen LogP contribution in [-0.4, -0.2) is 63.8 Å². The molecular weight excluding hydrogens is 523 g/mol. The highest BCUT2D eigenvalue weighted by atomic mass is 19.1. The molecule has 1 N–H and O–H groups in total. The number of hydrogen-bond acceptors (Lipinski definition) is 7. The van der Waals surface area contributed by atoms with Crippen molar-refractivity contribution < 1.29 is 18.7 Å². The number of benzene rings is 2. The third-order valence-corrected chi connectivity index (χ3v) is 6.33. The lowest BCUT2D eigenvalue weighted by Crippen LogP contribution is -2.21. The molecular formula is C31H29FN6O3. The van der Waals surface area contributed by atoms with Crippen molar-refractivity contribution in [1.82, 2.24) is 24.6 Å². The maximum absolute atomic E-state index is 14.3. The molecule has 2 aromatic carbocycles. The van der Waals surface area contributed by atoms with Crippen LogP contribution in [0.4, 0.5) is 10.1 Å².